The van der Waals surface area contributed by atoms with Gasteiger partial charge in [0.25, 0.3) is 0 Å². The minimum Gasteiger partial charge on any atom is -0.314 e. The number of nitrogens with zero attached hydrogens (tertiary/aromatic N) is 1. The van der Waals surface area contributed by atoms with Crippen molar-refractivity contribution in [2.24, 2.45) is 0 Å². The highest BCUT2D eigenvalue weighted by Crippen LogP contribution is 2.18. The number of unbranched alkanes of at least 4 members (excludes halogenated alkanes) is 1. The fraction of sp³-hybridized carbons (Fsp3) is 1.00. The summed E-state index contributed by atoms with van der Waals surface area (Å²) in [6.45, 7) is 4.10. The highest BCUT2D eigenvalue weighted by molar-refractivity contribution is 7.91. The highest BCUT2D eigenvalue weighted by Gasteiger charge is 2.30. The minimum atomic E-state index is -2.83. The van der Waals surface area contributed by atoms with E-state index in [2.05, 4.69) is 7.05 Å². The van der Waals surface area contributed by atoms with Crippen molar-refractivity contribution >= 4 is 9.84 Å². The number of sulfone groups is 1. The van der Waals surface area contributed by atoms with Crippen molar-refractivity contribution < 1.29 is 12.9 Å². The fourth-order valence-corrected chi connectivity index (χ4v) is 4.37. The first-order valence-corrected chi connectivity index (χ1v) is 7.84. The molecule has 1 rings (SSSR count). The zero-order chi connectivity index (χ0) is 11.4. The molecule has 0 aliphatic carbocycles. The van der Waals surface area contributed by atoms with E-state index in [1.165, 1.54) is 19.3 Å². The highest BCUT2D eigenvalue weighted by atomic mass is 32.2. The second kappa shape index (κ2) is 5.30. The lowest BCUT2D eigenvalue weighted by Crippen LogP contribution is -2.51. The lowest BCUT2D eigenvalue weighted by molar-refractivity contribution is -0.902. The van der Waals surface area contributed by atoms with Gasteiger partial charge in [-0.1, -0.05) is 13.3 Å². The molecule has 1 heterocycles. The monoisotopic (exact) mass is 234 g/mol. The first kappa shape index (κ1) is 13.0. The zero-order valence-electron chi connectivity index (χ0n) is 10.0. The third-order valence-electron chi connectivity index (χ3n) is 3.21. The van der Waals surface area contributed by atoms with Gasteiger partial charge in [0, 0.05) is 0 Å². The molecule has 0 radical (unpaired) electrons. The molecule has 0 amide bonds. The van der Waals surface area contributed by atoms with Gasteiger partial charge in [-0.2, -0.15) is 0 Å². The summed E-state index contributed by atoms with van der Waals surface area (Å²) in [5.74, 6) is 0.727. The molecule has 0 aromatic heterocycles. The second-order valence-corrected chi connectivity index (χ2v) is 7.21. The van der Waals surface area contributed by atoms with Crippen molar-refractivity contribution in [3.05, 3.63) is 0 Å². The number of hydrogen-bond donors (Lipinski definition) is 0. The Morgan fingerprint density at radius 3 is 2.27 bits per heavy atom. The van der Waals surface area contributed by atoms with Crippen molar-refractivity contribution in [1.29, 1.82) is 0 Å². The lowest BCUT2D eigenvalue weighted by Gasteiger charge is -2.37. The van der Waals surface area contributed by atoms with E-state index in [0.717, 1.165) is 30.4 Å². The van der Waals surface area contributed by atoms with Crippen LogP contribution in [0.25, 0.3) is 0 Å². The van der Waals surface area contributed by atoms with E-state index in [1.54, 1.807) is 0 Å². The SMILES string of the molecule is CCCCS(=O)(=O)C[N+]1(C)CCCCC1. The lowest BCUT2D eigenvalue weighted by atomic mass is 10.1. The molecule has 1 fully saturated rings. The average molecular weight is 234 g/mol. The van der Waals surface area contributed by atoms with Crippen LogP contribution in [0.15, 0.2) is 0 Å². The normalized spacial score (nSPS) is 21.5. The van der Waals surface area contributed by atoms with Gasteiger partial charge >= 0.3 is 0 Å². The third kappa shape index (κ3) is 4.51. The standard InChI is InChI=1S/C11H24NO2S/c1-3-4-10-15(13,14)11-12(2)8-6-5-7-9-12/h3-11H2,1-2H3/q+1. The van der Waals surface area contributed by atoms with Crippen molar-refractivity contribution in [2.45, 2.75) is 39.0 Å². The Morgan fingerprint density at radius 2 is 1.73 bits per heavy atom. The molecular weight excluding hydrogens is 210 g/mol. The van der Waals surface area contributed by atoms with Gasteiger partial charge in [-0.3, -0.25) is 0 Å². The minimum absolute atomic E-state index is 0.354. The number of hydrogen-bond acceptors (Lipinski definition) is 2. The number of rotatable bonds is 5. The molecule has 1 saturated heterocycles. The van der Waals surface area contributed by atoms with Gasteiger partial charge in [0.15, 0.2) is 5.88 Å². The summed E-state index contributed by atoms with van der Waals surface area (Å²) in [6.07, 6.45) is 5.40. The maximum absolute atomic E-state index is 11.8. The van der Waals surface area contributed by atoms with Gasteiger partial charge in [-0.25, -0.2) is 8.42 Å². The summed E-state index contributed by atoms with van der Waals surface area (Å²) in [4.78, 5) is 0. The number of piperidine rings is 1. The van der Waals surface area contributed by atoms with Crippen molar-refractivity contribution in [3.8, 4) is 0 Å². The van der Waals surface area contributed by atoms with Crippen LogP contribution in [0.3, 0.4) is 0 Å². The van der Waals surface area contributed by atoms with Gasteiger partial charge in [-0.15, -0.1) is 0 Å². The Labute approximate surface area is 94.0 Å². The summed E-state index contributed by atoms with van der Waals surface area (Å²) in [5, 5.41) is 0. The van der Waals surface area contributed by atoms with Crippen LogP contribution in [0.2, 0.25) is 0 Å². The average Bonchev–Trinajstić information content (AvgIpc) is 2.14. The van der Waals surface area contributed by atoms with Gasteiger partial charge in [0.05, 0.1) is 25.9 Å². The Balaban J connectivity index is 2.51. The summed E-state index contributed by atoms with van der Waals surface area (Å²) < 4.78 is 24.4. The smallest absolute Gasteiger partial charge is 0.200 e. The van der Waals surface area contributed by atoms with E-state index in [0.29, 0.717) is 11.6 Å². The maximum atomic E-state index is 11.8. The Hall–Kier alpha value is -0.0900. The molecule has 3 nitrogen and oxygen atoms in total. The van der Waals surface area contributed by atoms with Gasteiger partial charge in [0.2, 0.25) is 9.84 Å². The largest absolute Gasteiger partial charge is 0.314 e. The van der Waals surface area contributed by atoms with Crippen LogP contribution in [0.5, 0.6) is 0 Å². The molecule has 0 N–H and O–H groups in total. The van der Waals surface area contributed by atoms with Crippen LogP contribution in [-0.4, -0.2) is 44.7 Å². The number of likely N-dealkylation sites (tertiary alicyclic amines) is 1. The summed E-state index contributed by atoms with van der Waals surface area (Å²) in [5.41, 5.74) is 0. The van der Waals surface area contributed by atoms with E-state index in [9.17, 15) is 8.42 Å². The molecule has 0 unspecified atom stereocenters. The summed E-state index contributed by atoms with van der Waals surface area (Å²) in [6, 6.07) is 0. The van der Waals surface area contributed by atoms with E-state index < -0.39 is 9.84 Å². The second-order valence-electron chi connectivity index (χ2n) is 5.06. The van der Waals surface area contributed by atoms with Crippen molar-refractivity contribution in [1.82, 2.24) is 0 Å². The van der Waals surface area contributed by atoms with Gasteiger partial charge in [-0.05, 0) is 25.7 Å². The molecule has 0 bridgehead atoms. The van der Waals surface area contributed by atoms with Gasteiger partial charge < -0.3 is 4.48 Å². The van der Waals surface area contributed by atoms with Crippen LogP contribution >= 0.6 is 0 Å². The van der Waals surface area contributed by atoms with E-state index in [4.69, 9.17) is 0 Å². The quantitative estimate of drug-likeness (QED) is 0.680. The summed E-state index contributed by atoms with van der Waals surface area (Å²) >= 11 is 0. The first-order valence-electron chi connectivity index (χ1n) is 6.01. The molecule has 1 aliphatic rings. The van der Waals surface area contributed by atoms with Crippen LogP contribution < -0.4 is 0 Å². The Bertz CT molecular complexity index is 279. The maximum Gasteiger partial charge on any atom is 0.200 e. The van der Waals surface area contributed by atoms with E-state index >= 15 is 0 Å². The van der Waals surface area contributed by atoms with Crippen LogP contribution in [0.4, 0.5) is 0 Å². The molecule has 0 saturated carbocycles. The molecule has 4 heteroatoms. The first-order chi connectivity index (χ1) is 6.97. The number of quaternary nitrogens is 1. The zero-order valence-corrected chi connectivity index (χ0v) is 10.9. The van der Waals surface area contributed by atoms with E-state index in [1.807, 2.05) is 6.92 Å². The van der Waals surface area contributed by atoms with Gasteiger partial charge in [0.1, 0.15) is 0 Å². The molecule has 90 valence electrons. The van der Waals surface area contributed by atoms with Crippen LogP contribution in [0, 0.1) is 0 Å². The molecule has 0 aromatic rings. The molecule has 15 heavy (non-hydrogen) atoms. The molecule has 0 atom stereocenters. The third-order valence-corrected chi connectivity index (χ3v) is 5.14. The molecule has 1 aliphatic heterocycles. The Kier molecular flexibility index (Phi) is 4.59. The molecule has 0 spiro atoms. The van der Waals surface area contributed by atoms with E-state index in [-0.39, 0.29) is 0 Å². The predicted octanol–water partition coefficient (Wildman–Crippen LogP) is 1.79. The van der Waals surface area contributed by atoms with Crippen LogP contribution in [-0.2, 0) is 9.84 Å². The Morgan fingerprint density at radius 1 is 1.13 bits per heavy atom. The van der Waals surface area contributed by atoms with Crippen molar-refractivity contribution in [2.75, 3.05) is 31.8 Å². The van der Waals surface area contributed by atoms with Crippen molar-refractivity contribution in [3.63, 3.8) is 0 Å². The predicted molar refractivity (Wildman–Crippen MR) is 63.3 cm³/mol. The fourth-order valence-electron chi connectivity index (χ4n) is 2.31. The molecular formula is C11H24NO2S+. The topological polar surface area (TPSA) is 34.1 Å². The summed E-state index contributed by atoms with van der Waals surface area (Å²) in [7, 11) is -0.744. The molecule has 0 aromatic carbocycles. The van der Waals surface area contributed by atoms with Crippen LogP contribution in [0.1, 0.15) is 39.0 Å².